The summed E-state index contributed by atoms with van der Waals surface area (Å²) in [5.41, 5.74) is 0.227. The van der Waals surface area contributed by atoms with Crippen LogP contribution >= 0.6 is 11.6 Å². The summed E-state index contributed by atoms with van der Waals surface area (Å²) < 4.78 is 0. The number of amides is 2. The zero-order valence-electron chi connectivity index (χ0n) is 18.1. The molecule has 2 atom stereocenters. The molecule has 1 aromatic rings. The number of likely N-dealkylation sites (tertiary alicyclic amines) is 1. The first kappa shape index (κ1) is 23.4. The van der Waals surface area contributed by atoms with E-state index in [9.17, 15) is 19.7 Å². The number of non-ortho nitro benzene ring substituents is 1. The fourth-order valence-corrected chi connectivity index (χ4v) is 4.40. The molecular weight excluding hydrogens is 422 g/mol. The number of halogens is 1. The molecular formula is C21H30ClN5O4. The van der Waals surface area contributed by atoms with Crippen molar-refractivity contribution in [2.75, 3.05) is 44.6 Å². The molecule has 0 bridgehead atoms. The summed E-state index contributed by atoms with van der Waals surface area (Å²) >= 11 is 6.07. The maximum Gasteiger partial charge on any atom is 0.271 e. The third-order valence-electron chi connectivity index (χ3n) is 6.24. The van der Waals surface area contributed by atoms with Crippen molar-refractivity contribution in [3.05, 3.63) is 33.3 Å². The van der Waals surface area contributed by atoms with Crippen molar-refractivity contribution in [3.63, 3.8) is 0 Å². The van der Waals surface area contributed by atoms with Gasteiger partial charge in [0.25, 0.3) is 5.69 Å². The van der Waals surface area contributed by atoms with Gasteiger partial charge in [0.05, 0.1) is 28.2 Å². The second kappa shape index (κ2) is 10.4. The molecule has 0 unspecified atom stereocenters. The molecule has 2 heterocycles. The molecule has 3 rings (SSSR count). The van der Waals surface area contributed by atoms with Crippen LogP contribution in [0, 0.1) is 10.1 Å². The molecule has 0 radical (unpaired) electrons. The molecule has 0 aromatic heterocycles. The quantitative estimate of drug-likeness (QED) is 0.527. The third-order valence-corrected chi connectivity index (χ3v) is 6.55. The Morgan fingerprint density at radius 1 is 1.23 bits per heavy atom. The summed E-state index contributed by atoms with van der Waals surface area (Å²) in [6.07, 6.45) is 3.34. The molecule has 2 aliphatic heterocycles. The van der Waals surface area contributed by atoms with Crippen LogP contribution < -0.4 is 5.32 Å². The molecule has 9 nitrogen and oxygen atoms in total. The first-order valence-corrected chi connectivity index (χ1v) is 11.1. The van der Waals surface area contributed by atoms with Crippen molar-refractivity contribution < 1.29 is 14.5 Å². The molecule has 2 amide bonds. The van der Waals surface area contributed by atoms with E-state index in [0.717, 1.165) is 32.5 Å². The monoisotopic (exact) mass is 451 g/mol. The van der Waals surface area contributed by atoms with E-state index < -0.39 is 4.92 Å². The Morgan fingerprint density at radius 2 is 1.94 bits per heavy atom. The molecule has 0 spiro atoms. The summed E-state index contributed by atoms with van der Waals surface area (Å²) in [5.74, 6) is -0.0262. The number of carbonyl (C=O) groups is 2. The minimum Gasteiger partial charge on any atom is -0.339 e. The number of piperazine rings is 1. The number of piperidine rings is 1. The van der Waals surface area contributed by atoms with E-state index in [2.05, 4.69) is 22.0 Å². The van der Waals surface area contributed by atoms with Crippen LogP contribution in [0.1, 0.15) is 33.1 Å². The van der Waals surface area contributed by atoms with E-state index in [4.69, 9.17) is 11.6 Å². The summed E-state index contributed by atoms with van der Waals surface area (Å²) in [6, 6.07) is 3.91. The minimum absolute atomic E-state index is 0.124. The van der Waals surface area contributed by atoms with Gasteiger partial charge in [-0.25, -0.2) is 0 Å². The number of nitrogens with one attached hydrogen (secondary N) is 1. The smallest absolute Gasteiger partial charge is 0.271 e. The zero-order valence-corrected chi connectivity index (χ0v) is 18.8. The Hall–Kier alpha value is -2.23. The topological polar surface area (TPSA) is 99.0 Å². The number of nitrogens with zero attached hydrogens (tertiary/aromatic N) is 4. The number of carbonyl (C=O) groups excluding carboxylic acids is 2. The first-order valence-electron chi connectivity index (χ1n) is 10.8. The van der Waals surface area contributed by atoms with Crippen LogP contribution in [0.15, 0.2) is 18.2 Å². The number of anilines is 1. The number of nitro benzene ring substituents is 1. The Balaban J connectivity index is 1.48. The number of hydrogen-bond acceptors (Lipinski definition) is 6. The SMILES string of the molecule is C[C@H](C(=O)Nc1ccc([N+](=O)[O-])cc1Cl)N1CCN(CC(=O)N2CCCC[C@H]2C)CC1. The van der Waals surface area contributed by atoms with E-state index in [0.29, 0.717) is 31.4 Å². The van der Waals surface area contributed by atoms with Crippen LogP contribution in [0.2, 0.25) is 5.02 Å². The van der Waals surface area contributed by atoms with E-state index in [1.165, 1.54) is 24.6 Å². The van der Waals surface area contributed by atoms with Gasteiger partial charge in [0.15, 0.2) is 0 Å². The average molecular weight is 452 g/mol. The highest BCUT2D eigenvalue weighted by molar-refractivity contribution is 6.34. The number of benzene rings is 1. The van der Waals surface area contributed by atoms with Gasteiger partial charge in [0, 0.05) is 50.9 Å². The van der Waals surface area contributed by atoms with E-state index in [1.54, 1.807) is 0 Å². The second-order valence-corrected chi connectivity index (χ2v) is 8.74. The maximum absolute atomic E-state index is 12.7. The zero-order chi connectivity index (χ0) is 22.5. The lowest BCUT2D eigenvalue weighted by Gasteiger charge is -2.39. The number of rotatable bonds is 6. The molecule has 1 aromatic carbocycles. The maximum atomic E-state index is 12.7. The molecule has 2 aliphatic rings. The molecule has 2 fully saturated rings. The predicted molar refractivity (Wildman–Crippen MR) is 119 cm³/mol. The van der Waals surface area contributed by atoms with Crippen LogP contribution in [0.4, 0.5) is 11.4 Å². The molecule has 0 saturated carbocycles. The molecule has 2 saturated heterocycles. The minimum atomic E-state index is -0.531. The van der Waals surface area contributed by atoms with Crippen molar-refractivity contribution in [3.8, 4) is 0 Å². The molecule has 1 N–H and O–H groups in total. The van der Waals surface area contributed by atoms with Crippen molar-refractivity contribution in [1.29, 1.82) is 0 Å². The molecule has 170 valence electrons. The van der Waals surface area contributed by atoms with E-state index in [1.807, 2.05) is 11.8 Å². The largest absolute Gasteiger partial charge is 0.339 e. The number of hydrogen-bond donors (Lipinski definition) is 1. The Morgan fingerprint density at radius 3 is 2.55 bits per heavy atom. The molecule has 0 aliphatic carbocycles. The highest BCUT2D eigenvalue weighted by atomic mass is 35.5. The van der Waals surface area contributed by atoms with E-state index >= 15 is 0 Å². The van der Waals surface area contributed by atoms with Gasteiger partial charge in [0.2, 0.25) is 11.8 Å². The van der Waals surface area contributed by atoms with Crippen molar-refractivity contribution >= 4 is 34.8 Å². The molecule has 31 heavy (non-hydrogen) atoms. The highest BCUT2D eigenvalue weighted by Gasteiger charge is 2.29. The normalized spacial score (nSPS) is 21.5. The van der Waals surface area contributed by atoms with Gasteiger partial charge in [-0.15, -0.1) is 0 Å². The summed E-state index contributed by atoms with van der Waals surface area (Å²) in [6.45, 7) is 8.04. The lowest BCUT2D eigenvalue weighted by molar-refractivity contribution is -0.384. The third kappa shape index (κ3) is 5.93. The van der Waals surface area contributed by atoms with Gasteiger partial charge in [0.1, 0.15) is 0 Å². The van der Waals surface area contributed by atoms with Gasteiger partial charge < -0.3 is 10.2 Å². The van der Waals surface area contributed by atoms with Crippen molar-refractivity contribution in [1.82, 2.24) is 14.7 Å². The van der Waals surface area contributed by atoms with Gasteiger partial charge in [-0.05, 0) is 39.2 Å². The summed E-state index contributed by atoms with van der Waals surface area (Å²) in [4.78, 5) is 41.8. The van der Waals surface area contributed by atoms with Crippen LogP contribution in [-0.2, 0) is 9.59 Å². The van der Waals surface area contributed by atoms with Crippen LogP contribution in [0.3, 0.4) is 0 Å². The lowest BCUT2D eigenvalue weighted by atomic mass is 10.0. The van der Waals surface area contributed by atoms with Crippen molar-refractivity contribution in [2.24, 2.45) is 0 Å². The standard InChI is InChI=1S/C21H30ClN5O4/c1-15-5-3-4-8-26(15)20(28)14-24-9-11-25(12-10-24)16(2)21(29)23-19-7-6-17(27(30)31)13-18(19)22/h6-7,13,15-16H,3-5,8-12,14H2,1-2H3,(H,23,29)/t15-,16-/m1/s1. The van der Waals surface area contributed by atoms with Gasteiger partial charge in [-0.2, -0.15) is 0 Å². The van der Waals surface area contributed by atoms with Gasteiger partial charge in [-0.1, -0.05) is 11.6 Å². The predicted octanol–water partition coefficient (Wildman–Crippen LogP) is 2.59. The Labute approximate surface area is 187 Å². The van der Waals surface area contributed by atoms with Crippen LogP contribution in [0.25, 0.3) is 0 Å². The summed E-state index contributed by atoms with van der Waals surface area (Å²) in [5, 5.41) is 13.7. The van der Waals surface area contributed by atoms with Crippen LogP contribution in [0.5, 0.6) is 0 Å². The summed E-state index contributed by atoms with van der Waals surface area (Å²) in [7, 11) is 0. The number of nitro groups is 1. The second-order valence-electron chi connectivity index (χ2n) is 8.33. The Kier molecular flexibility index (Phi) is 7.85. The van der Waals surface area contributed by atoms with Gasteiger partial charge >= 0.3 is 0 Å². The Bertz CT molecular complexity index is 828. The fraction of sp³-hybridized carbons (Fsp3) is 0.619. The first-order chi connectivity index (χ1) is 14.8. The lowest BCUT2D eigenvalue weighted by Crippen LogP contribution is -2.55. The average Bonchev–Trinajstić information content (AvgIpc) is 2.75. The van der Waals surface area contributed by atoms with E-state index in [-0.39, 0.29) is 28.6 Å². The molecule has 10 heteroatoms. The van der Waals surface area contributed by atoms with Gasteiger partial charge in [-0.3, -0.25) is 29.5 Å². The highest BCUT2D eigenvalue weighted by Crippen LogP contribution is 2.27. The van der Waals surface area contributed by atoms with Crippen molar-refractivity contribution in [2.45, 2.75) is 45.2 Å². The fourth-order valence-electron chi connectivity index (χ4n) is 4.18. The van der Waals surface area contributed by atoms with Crippen LogP contribution in [-0.4, -0.2) is 82.8 Å².